The smallest absolute Gasteiger partial charge is 0.274 e. The molecule has 4 rings (SSSR count). The summed E-state index contributed by atoms with van der Waals surface area (Å²) in [5, 5.41) is 10.4. The number of pyridine rings is 1. The van der Waals surface area contributed by atoms with Crippen molar-refractivity contribution in [3.8, 4) is 17.1 Å². The summed E-state index contributed by atoms with van der Waals surface area (Å²) in [5.74, 6) is 0.187. The predicted molar refractivity (Wildman–Crippen MR) is 119 cm³/mol. The van der Waals surface area contributed by atoms with Gasteiger partial charge in [0.2, 0.25) is 11.8 Å². The molecule has 0 spiro atoms. The van der Waals surface area contributed by atoms with Crippen LogP contribution in [0.2, 0.25) is 5.02 Å². The van der Waals surface area contributed by atoms with Crippen LogP contribution < -0.4 is 10.1 Å². The van der Waals surface area contributed by atoms with Gasteiger partial charge >= 0.3 is 0 Å². The third-order valence-corrected chi connectivity index (χ3v) is 6.29. The molecule has 1 atom stereocenters. The number of piperidine rings is 1. The van der Waals surface area contributed by atoms with Crippen LogP contribution in [0.25, 0.3) is 11.3 Å². The molecule has 2 aliphatic heterocycles. The number of aromatic nitrogens is 3. The molecule has 10 heteroatoms. The van der Waals surface area contributed by atoms with Crippen LogP contribution in [0.15, 0.2) is 18.3 Å². The number of ether oxygens (including phenoxy) is 2. The van der Waals surface area contributed by atoms with E-state index in [9.17, 15) is 9.59 Å². The van der Waals surface area contributed by atoms with Gasteiger partial charge in [-0.05, 0) is 32.8 Å². The number of hydrogen-bond donors (Lipinski definition) is 2. The van der Waals surface area contributed by atoms with Crippen molar-refractivity contribution in [2.75, 3.05) is 26.7 Å². The Kier molecular flexibility index (Phi) is 6.39. The van der Waals surface area contributed by atoms with E-state index in [1.54, 1.807) is 17.0 Å². The summed E-state index contributed by atoms with van der Waals surface area (Å²) in [5.41, 5.74) is 1.48. The molecule has 0 aliphatic carbocycles. The zero-order chi connectivity index (χ0) is 22.9. The lowest BCUT2D eigenvalue weighted by Crippen LogP contribution is -2.52. The summed E-state index contributed by atoms with van der Waals surface area (Å²) in [6, 6.07) is 3.35. The Hall–Kier alpha value is -2.65. The van der Waals surface area contributed by atoms with E-state index in [0.29, 0.717) is 60.3 Å². The minimum Gasteiger partial charge on any atom is -0.481 e. The number of halogens is 1. The number of H-pyrrole nitrogens is 1. The molecule has 4 heterocycles. The predicted octanol–water partition coefficient (Wildman–Crippen LogP) is 2.67. The van der Waals surface area contributed by atoms with Crippen molar-refractivity contribution in [2.24, 2.45) is 5.92 Å². The number of aromatic amines is 1. The largest absolute Gasteiger partial charge is 0.481 e. The number of nitrogens with zero attached hydrogens (tertiary/aromatic N) is 3. The summed E-state index contributed by atoms with van der Waals surface area (Å²) in [4.78, 5) is 31.2. The topological polar surface area (TPSA) is 109 Å². The second-order valence-electron chi connectivity index (χ2n) is 8.89. The number of likely N-dealkylation sites (tertiary alicyclic amines) is 1. The molecule has 1 unspecified atom stereocenters. The van der Waals surface area contributed by atoms with Gasteiger partial charge in [-0.2, -0.15) is 5.10 Å². The first-order valence-corrected chi connectivity index (χ1v) is 11.1. The minimum absolute atomic E-state index is 0.0359. The number of carbonyl (C=O) groups excluding carboxylic acids is 2. The van der Waals surface area contributed by atoms with Gasteiger partial charge in [0.25, 0.3) is 5.91 Å². The maximum atomic E-state index is 12.9. The second kappa shape index (κ2) is 9.07. The molecule has 2 N–H and O–H groups in total. The lowest BCUT2D eigenvalue weighted by atomic mass is 9.92. The van der Waals surface area contributed by atoms with Crippen molar-refractivity contribution >= 4 is 23.4 Å². The van der Waals surface area contributed by atoms with Gasteiger partial charge in [0.05, 0.1) is 35.7 Å². The molecule has 0 aromatic carbocycles. The molecular formula is C22H28ClN5O4. The minimum atomic E-state index is -0.173. The van der Waals surface area contributed by atoms with Gasteiger partial charge in [-0.1, -0.05) is 11.6 Å². The Morgan fingerprint density at radius 1 is 1.34 bits per heavy atom. The van der Waals surface area contributed by atoms with Crippen molar-refractivity contribution in [1.82, 2.24) is 25.4 Å². The highest BCUT2D eigenvalue weighted by atomic mass is 35.5. The highest BCUT2D eigenvalue weighted by Gasteiger charge is 2.37. The summed E-state index contributed by atoms with van der Waals surface area (Å²) < 4.78 is 10.9. The fourth-order valence-electron chi connectivity index (χ4n) is 4.28. The Bertz CT molecular complexity index is 992. The van der Waals surface area contributed by atoms with Crippen LogP contribution in [-0.2, 0) is 9.53 Å². The van der Waals surface area contributed by atoms with Gasteiger partial charge in [0.1, 0.15) is 0 Å². The maximum Gasteiger partial charge on any atom is 0.274 e. The van der Waals surface area contributed by atoms with E-state index in [0.717, 1.165) is 6.42 Å². The van der Waals surface area contributed by atoms with Crippen LogP contribution in [0.1, 0.15) is 43.6 Å². The monoisotopic (exact) mass is 461 g/mol. The zero-order valence-electron chi connectivity index (χ0n) is 18.5. The first-order valence-electron chi connectivity index (χ1n) is 10.8. The molecule has 2 aromatic rings. The number of carbonyl (C=O) groups is 2. The van der Waals surface area contributed by atoms with Gasteiger partial charge in [-0.3, -0.25) is 14.7 Å². The Morgan fingerprint density at radius 2 is 2.06 bits per heavy atom. The Morgan fingerprint density at radius 3 is 2.72 bits per heavy atom. The van der Waals surface area contributed by atoms with Gasteiger partial charge in [0, 0.05) is 43.6 Å². The van der Waals surface area contributed by atoms with Gasteiger partial charge in [-0.15, -0.1) is 0 Å². The third-order valence-electron chi connectivity index (χ3n) is 5.99. The van der Waals surface area contributed by atoms with Crippen molar-refractivity contribution < 1.29 is 19.1 Å². The van der Waals surface area contributed by atoms with Crippen LogP contribution in [0, 0.1) is 5.92 Å². The first kappa shape index (κ1) is 22.5. The second-order valence-corrected chi connectivity index (χ2v) is 9.30. The van der Waals surface area contributed by atoms with E-state index < -0.39 is 0 Å². The highest BCUT2D eigenvalue weighted by Crippen LogP contribution is 2.31. The zero-order valence-corrected chi connectivity index (χ0v) is 19.2. The number of amides is 2. The SMILES string of the molecule is COc1cc(-c2cc(C(=O)N3CCC(C(=O)NCC4CC(C)(C)O4)CC3)n[nH]2)c(Cl)cn1. The molecule has 0 radical (unpaired) electrons. The third kappa shape index (κ3) is 4.88. The average Bonchev–Trinajstić information content (AvgIpc) is 3.26. The molecule has 172 valence electrons. The van der Waals surface area contributed by atoms with Crippen molar-refractivity contribution in [1.29, 1.82) is 0 Å². The first-order chi connectivity index (χ1) is 15.3. The molecule has 0 saturated carbocycles. The molecule has 2 aliphatic rings. The summed E-state index contributed by atoms with van der Waals surface area (Å²) >= 11 is 6.24. The van der Waals surface area contributed by atoms with Crippen LogP contribution >= 0.6 is 11.6 Å². The maximum absolute atomic E-state index is 12.9. The van der Waals surface area contributed by atoms with Crippen LogP contribution in [0.3, 0.4) is 0 Å². The molecule has 32 heavy (non-hydrogen) atoms. The van der Waals surface area contributed by atoms with Crippen molar-refractivity contribution in [3.05, 3.63) is 29.0 Å². The van der Waals surface area contributed by atoms with Crippen LogP contribution in [0.5, 0.6) is 5.88 Å². The highest BCUT2D eigenvalue weighted by molar-refractivity contribution is 6.33. The molecule has 2 amide bonds. The number of rotatable bonds is 6. The van der Waals surface area contributed by atoms with E-state index in [1.807, 2.05) is 13.8 Å². The molecule has 9 nitrogen and oxygen atoms in total. The van der Waals surface area contributed by atoms with Crippen molar-refractivity contribution in [2.45, 2.75) is 44.8 Å². The fourth-order valence-corrected chi connectivity index (χ4v) is 4.48. The quantitative estimate of drug-likeness (QED) is 0.684. The number of hydrogen-bond acceptors (Lipinski definition) is 6. The normalized spacial score (nSPS) is 20.5. The lowest BCUT2D eigenvalue weighted by molar-refractivity contribution is -0.182. The molecular weight excluding hydrogens is 434 g/mol. The molecule has 2 fully saturated rings. The Labute approximate surface area is 191 Å². The van der Waals surface area contributed by atoms with E-state index >= 15 is 0 Å². The fraction of sp³-hybridized carbons (Fsp3) is 0.545. The molecule has 2 aromatic heterocycles. The van der Waals surface area contributed by atoms with E-state index in [1.165, 1.54) is 13.3 Å². The van der Waals surface area contributed by atoms with Gasteiger partial charge in [-0.25, -0.2) is 4.98 Å². The van der Waals surface area contributed by atoms with E-state index in [2.05, 4.69) is 20.5 Å². The Balaban J connectivity index is 1.30. The van der Waals surface area contributed by atoms with Crippen LogP contribution in [0.4, 0.5) is 0 Å². The standard InChI is InChI=1S/C22H28ClN5O4/c1-22(2)10-14(32-22)11-25-20(29)13-4-6-28(7-5-13)21(30)18-9-17(26-27-18)15-8-19(31-3)24-12-16(15)23/h8-9,12-14H,4-7,10-11H2,1-3H3,(H,25,29)(H,26,27). The summed E-state index contributed by atoms with van der Waals surface area (Å²) in [6.45, 7) is 5.65. The van der Waals surface area contributed by atoms with Gasteiger partial charge in [0.15, 0.2) is 5.69 Å². The van der Waals surface area contributed by atoms with E-state index in [4.69, 9.17) is 21.1 Å². The molecule has 0 bridgehead atoms. The van der Waals surface area contributed by atoms with Gasteiger partial charge < -0.3 is 19.7 Å². The molecule has 2 saturated heterocycles. The lowest BCUT2D eigenvalue weighted by Gasteiger charge is -2.43. The number of methoxy groups -OCH3 is 1. The summed E-state index contributed by atoms with van der Waals surface area (Å²) in [7, 11) is 1.52. The number of nitrogens with one attached hydrogen (secondary N) is 2. The summed E-state index contributed by atoms with van der Waals surface area (Å²) in [6.07, 6.45) is 3.78. The van der Waals surface area contributed by atoms with E-state index in [-0.39, 0.29) is 29.4 Å². The van der Waals surface area contributed by atoms with Crippen LogP contribution in [-0.4, -0.2) is 70.3 Å². The average molecular weight is 462 g/mol. The van der Waals surface area contributed by atoms with Crippen molar-refractivity contribution in [3.63, 3.8) is 0 Å².